The second kappa shape index (κ2) is 6.80. The first-order valence-corrected chi connectivity index (χ1v) is 7.31. The van der Waals surface area contributed by atoms with Crippen LogP contribution in [0.4, 0.5) is 0 Å². The van der Waals surface area contributed by atoms with Crippen LogP contribution in [0, 0.1) is 0 Å². The topological polar surface area (TPSA) is 59.0 Å². The number of nitrogens with zero attached hydrogens (tertiary/aromatic N) is 1. The number of likely N-dealkylation sites (N-methyl/N-ethyl adjacent to an activating group) is 1. The molecular weight excluding hydrogens is 270 g/mol. The number of hydrogen-bond donors (Lipinski definition) is 1. The van der Waals surface area contributed by atoms with Crippen LogP contribution in [-0.2, 0) is 11.2 Å². The molecule has 0 aromatic heterocycles. The third-order valence-corrected chi connectivity index (χ3v) is 4.15. The van der Waals surface area contributed by atoms with Crippen molar-refractivity contribution in [2.75, 3.05) is 27.3 Å². The molecule has 1 aromatic rings. The van der Waals surface area contributed by atoms with Gasteiger partial charge in [-0.3, -0.25) is 9.69 Å². The summed E-state index contributed by atoms with van der Waals surface area (Å²) in [4.78, 5) is 13.2. The third-order valence-electron chi connectivity index (χ3n) is 4.15. The molecule has 1 unspecified atom stereocenters. The predicted octanol–water partition coefficient (Wildman–Crippen LogP) is 2.49. The monoisotopic (exact) mass is 293 g/mol. The summed E-state index contributed by atoms with van der Waals surface area (Å²) in [5.41, 5.74) is 2.40. The maximum atomic E-state index is 10.9. The van der Waals surface area contributed by atoms with Crippen LogP contribution in [0.3, 0.4) is 0 Å². The fourth-order valence-corrected chi connectivity index (χ4v) is 3.06. The lowest BCUT2D eigenvalue weighted by molar-refractivity contribution is -0.137. The highest BCUT2D eigenvalue weighted by Gasteiger charge is 2.28. The van der Waals surface area contributed by atoms with Gasteiger partial charge in [-0.1, -0.05) is 6.92 Å². The number of methoxy groups -OCH3 is 2. The van der Waals surface area contributed by atoms with Crippen molar-refractivity contribution < 1.29 is 19.4 Å². The molecule has 0 saturated carbocycles. The lowest BCUT2D eigenvalue weighted by atomic mass is 9.89. The van der Waals surface area contributed by atoms with E-state index >= 15 is 0 Å². The zero-order valence-electron chi connectivity index (χ0n) is 12.9. The van der Waals surface area contributed by atoms with Crippen LogP contribution in [0.1, 0.15) is 36.9 Å². The van der Waals surface area contributed by atoms with E-state index in [1.165, 1.54) is 11.1 Å². The molecule has 1 aromatic carbocycles. The maximum Gasteiger partial charge on any atom is 0.303 e. The van der Waals surface area contributed by atoms with Gasteiger partial charge in [-0.15, -0.1) is 0 Å². The molecule has 0 fully saturated rings. The molecule has 21 heavy (non-hydrogen) atoms. The van der Waals surface area contributed by atoms with Gasteiger partial charge < -0.3 is 14.6 Å². The molecule has 5 heteroatoms. The Kier molecular flexibility index (Phi) is 5.07. The summed E-state index contributed by atoms with van der Waals surface area (Å²) in [6, 6.07) is 4.16. The highest BCUT2D eigenvalue weighted by Crippen LogP contribution is 2.39. The third kappa shape index (κ3) is 3.29. The molecule has 0 bridgehead atoms. The number of aliphatic carboxylic acids is 1. The van der Waals surface area contributed by atoms with E-state index in [-0.39, 0.29) is 12.5 Å². The molecule has 2 rings (SSSR count). The number of rotatable bonds is 6. The molecule has 5 nitrogen and oxygen atoms in total. The Morgan fingerprint density at radius 2 is 2.00 bits per heavy atom. The number of carboxylic acids is 1. The molecule has 1 heterocycles. The van der Waals surface area contributed by atoms with Gasteiger partial charge in [0.2, 0.25) is 0 Å². The van der Waals surface area contributed by atoms with Gasteiger partial charge >= 0.3 is 5.97 Å². The largest absolute Gasteiger partial charge is 0.493 e. The van der Waals surface area contributed by atoms with Gasteiger partial charge in [0.15, 0.2) is 11.5 Å². The minimum absolute atomic E-state index is 0.134. The van der Waals surface area contributed by atoms with E-state index in [2.05, 4.69) is 11.8 Å². The first-order valence-electron chi connectivity index (χ1n) is 7.31. The van der Waals surface area contributed by atoms with Crippen molar-refractivity contribution in [3.8, 4) is 11.5 Å². The lowest BCUT2D eigenvalue weighted by Gasteiger charge is -2.37. The summed E-state index contributed by atoms with van der Waals surface area (Å²) in [7, 11) is 3.25. The first kappa shape index (κ1) is 15.6. The van der Waals surface area contributed by atoms with Gasteiger partial charge in [-0.25, -0.2) is 0 Å². The van der Waals surface area contributed by atoms with Crippen molar-refractivity contribution in [1.82, 2.24) is 4.90 Å². The van der Waals surface area contributed by atoms with Crippen LogP contribution in [0.5, 0.6) is 11.5 Å². The van der Waals surface area contributed by atoms with Gasteiger partial charge in [-0.2, -0.15) is 0 Å². The molecule has 1 aliphatic heterocycles. The van der Waals surface area contributed by atoms with Gasteiger partial charge in [0.25, 0.3) is 0 Å². The highest BCUT2D eigenvalue weighted by atomic mass is 16.5. The number of fused-ring (bicyclic) bond motifs is 1. The average molecular weight is 293 g/mol. The molecule has 0 amide bonds. The van der Waals surface area contributed by atoms with Crippen molar-refractivity contribution in [3.05, 3.63) is 23.3 Å². The second-order valence-electron chi connectivity index (χ2n) is 5.23. The summed E-state index contributed by atoms with van der Waals surface area (Å²) in [5, 5.41) is 8.97. The molecule has 0 radical (unpaired) electrons. The Morgan fingerprint density at radius 3 is 2.57 bits per heavy atom. The Labute approximate surface area is 125 Å². The van der Waals surface area contributed by atoms with Gasteiger partial charge in [0, 0.05) is 19.0 Å². The highest BCUT2D eigenvalue weighted by molar-refractivity contribution is 5.66. The normalized spacial score (nSPS) is 18.1. The van der Waals surface area contributed by atoms with Crippen LogP contribution in [0.25, 0.3) is 0 Å². The van der Waals surface area contributed by atoms with Crippen molar-refractivity contribution in [3.63, 3.8) is 0 Å². The van der Waals surface area contributed by atoms with Gasteiger partial charge in [0.1, 0.15) is 0 Å². The van der Waals surface area contributed by atoms with E-state index < -0.39 is 5.97 Å². The number of carboxylic acid groups (broad SMARTS) is 1. The fourth-order valence-electron chi connectivity index (χ4n) is 3.06. The van der Waals surface area contributed by atoms with E-state index in [9.17, 15) is 4.79 Å². The number of carbonyl (C=O) groups is 1. The fraction of sp³-hybridized carbons (Fsp3) is 0.562. The van der Waals surface area contributed by atoms with Crippen molar-refractivity contribution in [2.24, 2.45) is 0 Å². The quantitative estimate of drug-likeness (QED) is 0.873. The van der Waals surface area contributed by atoms with Crippen molar-refractivity contribution in [1.29, 1.82) is 0 Å². The Balaban J connectivity index is 2.38. The zero-order chi connectivity index (χ0) is 15.4. The molecule has 1 N–H and O–H groups in total. The molecule has 0 aliphatic carbocycles. The average Bonchev–Trinajstić information content (AvgIpc) is 2.50. The second-order valence-corrected chi connectivity index (χ2v) is 5.23. The van der Waals surface area contributed by atoms with E-state index in [1.807, 2.05) is 12.1 Å². The Morgan fingerprint density at radius 1 is 1.33 bits per heavy atom. The van der Waals surface area contributed by atoms with E-state index in [0.717, 1.165) is 25.3 Å². The molecule has 1 aliphatic rings. The molecule has 0 saturated heterocycles. The summed E-state index contributed by atoms with van der Waals surface area (Å²) in [6.45, 7) is 3.97. The van der Waals surface area contributed by atoms with Gasteiger partial charge in [-0.05, 0) is 42.6 Å². The van der Waals surface area contributed by atoms with E-state index in [0.29, 0.717) is 12.2 Å². The Hall–Kier alpha value is -1.75. The van der Waals surface area contributed by atoms with Crippen LogP contribution in [0.2, 0.25) is 0 Å². The molecule has 0 spiro atoms. The maximum absolute atomic E-state index is 10.9. The SMILES string of the molecule is CCN1CCc2cc(OC)c(OC)cc2C1CCC(=O)O. The van der Waals surface area contributed by atoms with Crippen molar-refractivity contribution >= 4 is 5.97 Å². The van der Waals surface area contributed by atoms with Crippen LogP contribution < -0.4 is 9.47 Å². The first-order chi connectivity index (χ1) is 10.1. The molecule has 116 valence electrons. The van der Waals surface area contributed by atoms with E-state index in [4.69, 9.17) is 14.6 Å². The smallest absolute Gasteiger partial charge is 0.303 e. The number of benzene rings is 1. The summed E-state index contributed by atoms with van der Waals surface area (Å²) in [6.07, 6.45) is 1.74. The van der Waals surface area contributed by atoms with Crippen LogP contribution in [-0.4, -0.2) is 43.3 Å². The summed E-state index contributed by atoms with van der Waals surface area (Å²) in [5.74, 6) is 0.686. The number of hydrogen-bond acceptors (Lipinski definition) is 4. The number of ether oxygens (including phenoxy) is 2. The minimum atomic E-state index is -0.751. The van der Waals surface area contributed by atoms with Gasteiger partial charge in [0.05, 0.1) is 14.2 Å². The minimum Gasteiger partial charge on any atom is -0.493 e. The van der Waals surface area contributed by atoms with Crippen molar-refractivity contribution in [2.45, 2.75) is 32.2 Å². The zero-order valence-corrected chi connectivity index (χ0v) is 12.9. The predicted molar refractivity (Wildman–Crippen MR) is 80.1 cm³/mol. The van der Waals surface area contributed by atoms with E-state index in [1.54, 1.807) is 14.2 Å². The lowest BCUT2D eigenvalue weighted by Crippen LogP contribution is -2.35. The Bertz CT molecular complexity index is 515. The summed E-state index contributed by atoms with van der Waals surface area (Å²) >= 11 is 0. The summed E-state index contributed by atoms with van der Waals surface area (Å²) < 4.78 is 10.7. The van der Waals surface area contributed by atoms with Crippen LogP contribution >= 0.6 is 0 Å². The standard InChI is InChI=1S/C16H23NO4/c1-4-17-8-7-11-9-14(20-2)15(21-3)10-12(11)13(17)5-6-16(18)19/h9-10,13H,4-8H2,1-3H3,(H,18,19). The molecular formula is C16H23NO4. The molecule has 1 atom stereocenters. The van der Waals surface area contributed by atoms with Crippen LogP contribution in [0.15, 0.2) is 12.1 Å².